The molecule has 6 nitrogen and oxygen atoms in total. The van der Waals surface area contributed by atoms with Crippen LogP contribution in [0.3, 0.4) is 0 Å². The van der Waals surface area contributed by atoms with Crippen LogP contribution in [0.5, 0.6) is 11.5 Å². The summed E-state index contributed by atoms with van der Waals surface area (Å²) in [7, 11) is 1.63. The number of furan rings is 1. The maximum atomic E-state index is 12.8. The van der Waals surface area contributed by atoms with Crippen molar-refractivity contribution in [2.24, 2.45) is 4.99 Å². The van der Waals surface area contributed by atoms with Gasteiger partial charge in [-0.3, -0.25) is 4.99 Å². The lowest BCUT2D eigenvalue weighted by Crippen LogP contribution is -2.36. The third-order valence-corrected chi connectivity index (χ3v) is 4.14. The summed E-state index contributed by atoms with van der Waals surface area (Å²) in [6.45, 7) is -0.171. The van der Waals surface area contributed by atoms with Crippen LogP contribution in [-0.2, 0) is 13.1 Å². The smallest absolute Gasteiger partial charge is 0.387 e. The Morgan fingerprint density at radius 3 is 2.62 bits per heavy atom. The molecule has 0 unspecified atom stereocenters. The number of ether oxygens (including phenoxy) is 2. The molecule has 0 aliphatic heterocycles. The quantitative estimate of drug-likeness (QED) is 0.434. The number of halogens is 2. The Morgan fingerprint density at radius 2 is 1.90 bits per heavy atom. The Balaban J connectivity index is 1.65. The van der Waals surface area contributed by atoms with Crippen molar-refractivity contribution in [3.63, 3.8) is 0 Å². The van der Waals surface area contributed by atoms with Gasteiger partial charge in [-0.2, -0.15) is 8.78 Å². The van der Waals surface area contributed by atoms with Gasteiger partial charge in [-0.05, 0) is 25.1 Å². The molecule has 0 saturated carbocycles. The summed E-state index contributed by atoms with van der Waals surface area (Å²) in [6, 6.07) is 14.7. The highest BCUT2D eigenvalue weighted by Crippen LogP contribution is 2.32. The largest absolute Gasteiger partial charge is 0.490 e. The normalized spacial score (nSPS) is 11.7. The van der Waals surface area contributed by atoms with Crippen molar-refractivity contribution in [3.05, 3.63) is 59.9 Å². The van der Waals surface area contributed by atoms with Crippen molar-refractivity contribution >= 4 is 16.9 Å². The molecule has 3 aromatic rings. The molecule has 0 radical (unpaired) electrons. The SMILES string of the molecule is CCOc1cccc(CNC(=NC)NCc2cc3ccccc3o2)c1OC(F)F. The van der Waals surface area contributed by atoms with Crippen LogP contribution >= 0.6 is 0 Å². The summed E-state index contributed by atoms with van der Waals surface area (Å²) < 4.78 is 41.5. The van der Waals surface area contributed by atoms with Gasteiger partial charge in [-0.25, -0.2) is 0 Å². The zero-order valence-electron chi connectivity index (χ0n) is 16.2. The summed E-state index contributed by atoms with van der Waals surface area (Å²) in [4.78, 5) is 4.15. The van der Waals surface area contributed by atoms with E-state index in [1.165, 1.54) is 0 Å². The van der Waals surface area contributed by atoms with Gasteiger partial charge < -0.3 is 24.5 Å². The number of guanidine groups is 1. The molecule has 0 atom stereocenters. The molecule has 29 heavy (non-hydrogen) atoms. The zero-order valence-corrected chi connectivity index (χ0v) is 16.2. The number of fused-ring (bicyclic) bond motifs is 1. The first-order chi connectivity index (χ1) is 14.1. The van der Waals surface area contributed by atoms with Crippen LogP contribution in [-0.4, -0.2) is 26.2 Å². The predicted octanol–water partition coefficient (Wildman–Crippen LogP) is 4.30. The standard InChI is InChI=1S/C21H23F2N3O3/c1-3-27-18-10-6-8-15(19(18)29-20(22)23)12-25-21(24-2)26-13-16-11-14-7-4-5-9-17(14)28-16/h4-11,20H,3,12-13H2,1-2H3,(H2,24,25,26). The fourth-order valence-electron chi connectivity index (χ4n) is 2.89. The Bertz CT molecular complexity index is 940. The fourth-order valence-corrected chi connectivity index (χ4v) is 2.89. The van der Waals surface area contributed by atoms with Gasteiger partial charge in [0.1, 0.15) is 11.3 Å². The summed E-state index contributed by atoms with van der Waals surface area (Å²) in [5, 5.41) is 7.25. The third kappa shape index (κ3) is 5.37. The number of nitrogens with one attached hydrogen (secondary N) is 2. The van der Waals surface area contributed by atoms with E-state index in [0.29, 0.717) is 24.7 Å². The minimum atomic E-state index is -2.94. The number of benzene rings is 2. The Labute approximate surface area is 167 Å². The first-order valence-corrected chi connectivity index (χ1v) is 9.22. The predicted molar refractivity (Wildman–Crippen MR) is 107 cm³/mol. The van der Waals surface area contributed by atoms with E-state index < -0.39 is 6.61 Å². The van der Waals surface area contributed by atoms with E-state index in [1.807, 2.05) is 30.3 Å². The lowest BCUT2D eigenvalue weighted by atomic mass is 10.2. The highest BCUT2D eigenvalue weighted by molar-refractivity contribution is 5.80. The van der Waals surface area contributed by atoms with Gasteiger partial charge in [0, 0.05) is 24.5 Å². The van der Waals surface area contributed by atoms with E-state index >= 15 is 0 Å². The average Bonchev–Trinajstić information content (AvgIpc) is 3.13. The molecular weight excluding hydrogens is 380 g/mol. The summed E-state index contributed by atoms with van der Waals surface area (Å²) >= 11 is 0. The van der Waals surface area contributed by atoms with E-state index in [0.717, 1.165) is 16.7 Å². The maximum Gasteiger partial charge on any atom is 0.387 e. The molecule has 0 aliphatic carbocycles. The minimum absolute atomic E-state index is 0.0181. The summed E-state index contributed by atoms with van der Waals surface area (Å²) in [5.41, 5.74) is 1.34. The number of rotatable bonds is 8. The Morgan fingerprint density at radius 1 is 1.10 bits per heavy atom. The van der Waals surface area contributed by atoms with Crippen LogP contribution in [0.25, 0.3) is 11.0 Å². The average molecular weight is 403 g/mol. The van der Waals surface area contributed by atoms with Crippen molar-refractivity contribution in [2.45, 2.75) is 26.6 Å². The molecule has 0 saturated heterocycles. The molecule has 154 valence electrons. The van der Waals surface area contributed by atoms with Gasteiger partial charge in [0.15, 0.2) is 17.5 Å². The topological polar surface area (TPSA) is 68.0 Å². The maximum absolute atomic E-state index is 12.8. The molecule has 1 heterocycles. The third-order valence-electron chi connectivity index (χ3n) is 4.14. The van der Waals surface area contributed by atoms with E-state index in [4.69, 9.17) is 9.15 Å². The van der Waals surface area contributed by atoms with E-state index in [9.17, 15) is 8.78 Å². The monoisotopic (exact) mass is 403 g/mol. The van der Waals surface area contributed by atoms with Crippen molar-refractivity contribution in [1.29, 1.82) is 0 Å². The highest BCUT2D eigenvalue weighted by atomic mass is 19.3. The number of hydrogen-bond donors (Lipinski definition) is 2. The van der Waals surface area contributed by atoms with Crippen molar-refractivity contribution in [2.75, 3.05) is 13.7 Å². The Kier molecular flexibility index (Phi) is 6.89. The van der Waals surface area contributed by atoms with Gasteiger partial charge >= 0.3 is 6.61 Å². The van der Waals surface area contributed by atoms with Crippen LogP contribution in [0.1, 0.15) is 18.2 Å². The second-order valence-corrected chi connectivity index (χ2v) is 6.09. The first-order valence-electron chi connectivity index (χ1n) is 9.22. The molecule has 8 heteroatoms. The molecule has 0 bridgehead atoms. The molecule has 2 N–H and O–H groups in total. The van der Waals surface area contributed by atoms with E-state index in [-0.39, 0.29) is 18.0 Å². The lowest BCUT2D eigenvalue weighted by molar-refractivity contribution is -0.0520. The van der Waals surface area contributed by atoms with E-state index in [2.05, 4.69) is 20.4 Å². The number of hydrogen-bond acceptors (Lipinski definition) is 4. The molecular formula is C21H23F2N3O3. The fraction of sp³-hybridized carbons (Fsp3) is 0.286. The van der Waals surface area contributed by atoms with Crippen LogP contribution in [0.4, 0.5) is 8.78 Å². The van der Waals surface area contributed by atoms with Crippen molar-refractivity contribution in [3.8, 4) is 11.5 Å². The van der Waals surface area contributed by atoms with Crippen LogP contribution in [0, 0.1) is 0 Å². The van der Waals surface area contributed by atoms with Gasteiger partial charge in [0.25, 0.3) is 0 Å². The van der Waals surface area contributed by atoms with Gasteiger partial charge in [-0.15, -0.1) is 0 Å². The van der Waals surface area contributed by atoms with Crippen LogP contribution < -0.4 is 20.1 Å². The second kappa shape index (κ2) is 9.77. The summed E-state index contributed by atoms with van der Waals surface area (Å²) in [5.74, 6) is 1.55. The lowest BCUT2D eigenvalue weighted by Gasteiger charge is -2.17. The number of aliphatic imine (C=N–C) groups is 1. The molecule has 0 amide bonds. The van der Waals surface area contributed by atoms with Gasteiger partial charge in [0.2, 0.25) is 0 Å². The molecule has 0 spiro atoms. The van der Waals surface area contributed by atoms with Gasteiger partial charge in [-0.1, -0.05) is 30.3 Å². The minimum Gasteiger partial charge on any atom is -0.490 e. The number of para-hydroxylation sites is 2. The first kappa shape index (κ1) is 20.4. The van der Waals surface area contributed by atoms with Crippen molar-refractivity contribution in [1.82, 2.24) is 10.6 Å². The molecule has 1 aromatic heterocycles. The van der Waals surface area contributed by atoms with E-state index in [1.54, 1.807) is 32.2 Å². The number of alkyl halides is 2. The summed E-state index contributed by atoms with van der Waals surface area (Å²) in [6.07, 6.45) is 0. The Hall–Kier alpha value is -3.29. The number of nitrogens with zero attached hydrogens (tertiary/aromatic N) is 1. The second-order valence-electron chi connectivity index (χ2n) is 6.09. The molecule has 0 fully saturated rings. The molecule has 0 aliphatic rings. The van der Waals surface area contributed by atoms with Gasteiger partial charge in [0.05, 0.1) is 13.2 Å². The highest BCUT2D eigenvalue weighted by Gasteiger charge is 2.16. The van der Waals surface area contributed by atoms with Crippen LogP contribution in [0.15, 0.2) is 57.9 Å². The zero-order chi connectivity index (χ0) is 20.6. The molecule has 2 aromatic carbocycles. The van der Waals surface area contributed by atoms with Crippen LogP contribution in [0.2, 0.25) is 0 Å². The molecule has 3 rings (SSSR count). The van der Waals surface area contributed by atoms with Crippen molar-refractivity contribution < 1.29 is 22.7 Å².